The Balaban J connectivity index is 1.78. The van der Waals surface area contributed by atoms with Crippen LogP contribution in [-0.4, -0.2) is 42.0 Å². The van der Waals surface area contributed by atoms with Gasteiger partial charge in [-0.25, -0.2) is 17.8 Å². The molecule has 146 valence electrons. The maximum atomic E-state index is 14.7. The van der Waals surface area contributed by atoms with Gasteiger partial charge in [0.25, 0.3) is 0 Å². The molecule has 0 spiro atoms. The van der Waals surface area contributed by atoms with Gasteiger partial charge in [-0.2, -0.15) is 4.31 Å². The number of aromatic amines is 1. The zero-order valence-corrected chi connectivity index (χ0v) is 17.0. The molecule has 0 bridgehead atoms. The summed E-state index contributed by atoms with van der Waals surface area (Å²) in [6.07, 6.45) is 5.35. The molecule has 0 amide bonds. The molecule has 4 rings (SSSR count). The van der Waals surface area contributed by atoms with Crippen molar-refractivity contribution in [1.29, 1.82) is 0 Å². The van der Waals surface area contributed by atoms with Gasteiger partial charge in [0.1, 0.15) is 11.5 Å². The highest BCUT2D eigenvalue weighted by atomic mass is 35.5. The van der Waals surface area contributed by atoms with Gasteiger partial charge in [0.2, 0.25) is 10.0 Å². The maximum absolute atomic E-state index is 14.7. The molecule has 5 nitrogen and oxygen atoms in total. The fraction of sp³-hybridized carbons (Fsp3) is 0.250. The minimum Gasteiger partial charge on any atom is -0.339 e. The van der Waals surface area contributed by atoms with E-state index in [-0.39, 0.29) is 5.82 Å². The molecule has 8 heteroatoms. The molecular formula is C20H19ClFN3O2S. The molecule has 1 aliphatic rings. The van der Waals surface area contributed by atoms with Crippen LogP contribution in [0.4, 0.5) is 4.39 Å². The molecule has 0 aliphatic carbocycles. The van der Waals surface area contributed by atoms with E-state index in [2.05, 4.69) is 9.97 Å². The van der Waals surface area contributed by atoms with Crippen molar-refractivity contribution in [2.75, 3.05) is 19.3 Å². The Labute approximate surface area is 167 Å². The fourth-order valence-corrected chi connectivity index (χ4v) is 4.59. The molecule has 0 atom stereocenters. The minimum atomic E-state index is -3.20. The number of sulfonamides is 1. The Morgan fingerprint density at radius 3 is 2.71 bits per heavy atom. The molecule has 1 aromatic carbocycles. The number of aromatic nitrogens is 2. The number of rotatable bonds is 3. The third-order valence-corrected chi connectivity index (χ3v) is 6.52. The van der Waals surface area contributed by atoms with Crippen LogP contribution >= 0.6 is 11.6 Å². The Hall–Kier alpha value is -2.22. The van der Waals surface area contributed by atoms with Gasteiger partial charge < -0.3 is 4.98 Å². The second kappa shape index (κ2) is 6.99. The van der Waals surface area contributed by atoms with E-state index in [4.69, 9.17) is 11.6 Å². The van der Waals surface area contributed by atoms with Crippen molar-refractivity contribution in [2.45, 2.75) is 13.3 Å². The van der Waals surface area contributed by atoms with E-state index in [0.29, 0.717) is 46.9 Å². The number of pyridine rings is 1. The molecule has 0 fully saturated rings. The number of H-pyrrole nitrogens is 1. The Morgan fingerprint density at radius 1 is 1.25 bits per heavy atom. The normalized spacial score (nSPS) is 15.8. The molecule has 0 saturated heterocycles. The quantitative estimate of drug-likeness (QED) is 0.685. The summed E-state index contributed by atoms with van der Waals surface area (Å²) in [7, 11) is -3.20. The summed E-state index contributed by atoms with van der Waals surface area (Å²) < 4.78 is 39.6. The van der Waals surface area contributed by atoms with E-state index in [1.54, 1.807) is 31.3 Å². The van der Waals surface area contributed by atoms with Crippen LogP contribution in [0, 0.1) is 12.7 Å². The van der Waals surface area contributed by atoms with E-state index in [9.17, 15) is 12.8 Å². The summed E-state index contributed by atoms with van der Waals surface area (Å²) in [5, 5.41) is 1.27. The lowest BCUT2D eigenvalue weighted by atomic mass is 10.00. The molecule has 2 aromatic heterocycles. The van der Waals surface area contributed by atoms with Gasteiger partial charge >= 0.3 is 0 Å². The first-order chi connectivity index (χ1) is 13.2. The Bertz CT molecular complexity index is 1220. The second-order valence-electron chi connectivity index (χ2n) is 6.99. The van der Waals surface area contributed by atoms with Gasteiger partial charge in [-0.3, -0.25) is 0 Å². The summed E-state index contributed by atoms with van der Waals surface area (Å²) in [6, 6.07) is 6.93. The molecule has 0 saturated carbocycles. The summed E-state index contributed by atoms with van der Waals surface area (Å²) in [4.78, 5) is 7.64. The predicted octanol–water partition coefficient (Wildman–Crippen LogP) is 4.38. The number of aryl methyl sites for hydroxylation is 1. The lowest BCUT2D eigenvalue weighted by molar-refractivity contribution is 0.445. The van der Waals surface area contributed by atoms with Crippen molar-refractivity contribution >= 4 is 38.2 Å². The van der Waals surface area contributed by atoms with Crippen LogP contribution in [0.5, 0.6) is 0 Å². The van der Waals surface area contributed by atoms with Crippen LogP contribution in [0.2, 0.25) is 5.02 Å². The average Bonchev–Trinajstić information content (AvgIpc) is 3.08. The first kappa shape index (κ1) is 19.1. The van der Waals surface area contributed by atoms with Crippen LogP contribution < -0.4 is 0 Å². The Kier molecular flexibility index (Phi) is 4.77. The van der Waals surface area contributed by atoms with E-state index in [1.165, 1.54) is 10.6 Å². The van der Waals surface area contributed by atoms with Crippen LogP contribution in [0.15, 0.2) is 36.5 Å². The number of hydrogen-bond donors (Lipinski definition) is 1. The van der Waals surface area contributed by atoms with Gasteiger partial charge in [0.05, 0.1) is 6.26 Å². The summed E-state index contributed by atoms with van der Waals surface area (Å²) >= 11 is 6.15. The standard InChI is InChI=1S/C20H19ClFN3O2S/c1-12-9-14(21)10-16(19(12)22)15-3-6-23-20-17(15)11-18(24-20)13-4-7-25(8-5-13)28(2,26)27/h3-4,6,9-11H,5,7-8H2,1-2H3,(H,23,24). The maximum Gasteiger partial charge on any atom is 0.211 e. The zero-order chi connectivity index (χ0) is 20.1. The van der Waals surface area contributed by atoms with Crippen molar-refractivity contribution in [3.05, 3.63) is 58.6 Å². The third kappa shape index (κ3) is 3.45. The van der Waals surface area contributed by atoms with Crippen molar-refractivity contribution in [2.24, 2.45) is 0 Å². The lowest BCUT2D eigenvalue weighted by Crippen LogP contribution is -2.33. The van der Waals surface area contributed by atoms with Crippen molar-refractivity contribution in [1.82, 2.24) is 14.3 Å². The number of nitrogens with zero attached hydrogens (tertiary/aromatic N) is 2. The monoisotopic (exact) mass is 419 g/mol. The van der Waals surface area contributed by atoms with Crippen LogP contribution in [0.25, 0.3) is 27.7 Å². The van der Waals surface area contributed by atoms with E-state index in [1.807, 2.05) is 12.1 Å². The molecule has 0 unspecified atom stereocenters. The SMILES string of the molecule is Cc1cc(Cl)cc(-c2ccnc3[nH]c(C4=CCN(S(C)(=O)=O)CC4)cc23)c1F. The highest BCUT2D eigenvalue weighted by Crippen LogP contribution is 2.35. The van der Waals surface area contributed by atoms with Crippen LogP contribution in [0.3, 0.4) is 0 Å². The number of fused-ring (bicyclic) bond motifs is 1. The van der Waals surface area contributed by atoms with Crippen molar-refractivity contribution < 1.29 is 12.8 Å². The predicted molar refractivity (Wildman–Crippen MR) is 110 cm³/mol. The third-order valence-electron chi connectivity index (χ3n) is 5.03. The minimum absolute atomic E-state index is 0.305. The molecule has 3 heterocycles. The fourth-order valence-electron chi connectivity index (χ4n) is 3.55. The van der Waals surface area contributed by atoms with E-state index >= 15 is 0 Å². The molecule has 28 heavy (non-hydrogen) atoms. The van der Waals surface area contributed by atoms with Gasteiger partial charge in [-0.15, -0.1) is 0 Å². The van der Waals surface area contributed by atoms with Crippen LogP contribution in [0.1, 0.15) is 17.7 Å². The van der Waals surface area contributed by atoms with Gasteiger partial charge in [-0.05, 0) is 54.3 Å². The molecular weight excluding hydrogens is 401 g/mol. The zero-order valence-electron chi connectivity index (χ0n) is 15.5. The summed E-state index contributed by atoms with van der Waals surface area (Å²) in [6.45, 7) is 2.46. The van der Waals surface area contributed by atoms with Gasteiger partial charge in [0.15, 0.2) is 0 Å². The number of nitrogens with one attached hydrogen (secondary N) is 1. The van der Waals surface area contributed by atoms with Crippen LogP contribution in [-0.2, 0) is 10.0 Å². The topological polar surface area (TPSA) is 66.1 Å². The smallest absolute Gasteiger partial charge is 0.211 e. The van der Waals surface area contributed by atoms with E-state index < -0.39 is 10.0 Å². The summed E-state index contributed by atoms with van der Waals surface area (Å²) in [5.74, 6) is -0.305. The molecule has 1 aliphatic heterocycles. The van der Waals surface area contributed by atoms with Gasteiger partial charge in [0, 0.05) is 41.0 Å². The molecule has 0 radical (unpaired) electrons. The average molecular weight is 420 g/mol. The Morgan fingerprint density at radius 2 is 2.04 bits per heavy atom. The largest absolute Gasteiger partial charge is 0.339 e. The number of halogens is 2. The molecule has 3 aromatic rings. The van der Waals surface area contributed by atoms with Gasteiger partial charge in [-0.1, -0.05) is 17.7 Å². The summed E-state index contributed by atoms with van der Waals surface area (Å²) in [5.41, 5.74) is 4.16. The second-order valence-corrected chi connectivity index (χ2v) is 9.41. The first-order valence-electron chi connectivity index (χ1n) is 8.82. The highest BCUT2D eigenvalue weighted by Gasteiger charge is 2.22. The molecule has 1 N–H and O–H groups in total. The number of benzene rings is 1. The first-order valence-corrected chi connectivity index (χ1v) is 11.0. The van der Waals surface area contributed by atoms with E-state index in [0.717, 1.165) is 16.7 Å². The van der Waals surface area contributed by atoms with Crippen molar-refractivity contribution in [3.63, 3.8) is 0 Å². The number of hydrogen-bond acceptors (Lipinski definition) is 3. The van der Waals surface area contributed by atoms with Crippen molar-refractivity contribution in [3.8, 4) is 11.1 Å². The lowest BCUT2D eigenvalue weighted by Gasteiger charge is -2.23. The highest BCUT2D eigenvalue weighted by molar-refractivity contribution is 7.88.